The van der Waals surface area contributed by atoms with E-state index in [0.29, 0.717) is 12.0 Å². The summed E-state index contributed by atoms with van der Waals surface area (Å²) >= 11 is 0. The zero-order valence-electron chi connectivity index (χ0n) is 11.2. The van der Waals surface area contributed by atoms with Crippen molar-refractivity contribution in [3.05, 3.63) is 71.0 Å². The maximum absolute atomic E-state index is 11.3. The molecule has 0 radical (unpaired) electrons. The number of carbonyl (C=O) groups is 1. The molecule has 0 heterocycles. The second kappa shape index (κ2) is 8.47. The van der Waals surface area contributed by atoms with Gasteiger partial charge in [0.1, 0.15) is 5.75 Å². The van der Waals surface area contributed by atoms with Crippen molar-refractivity contribution in [2.24, 2.45) is 0 Å². The Morgan fingerprint density at radius 1 is 1.05 bits per heavy atom. The molecule has 2 rings (SSSR count). The van der Waals surface area contributed by atoms with Crippen LogP contribution in [0.2, 0.25) is 0 Å². The molecule has 114 valence electrons. The van der Waals surface area contributed by atoms with Gasteiger partial charge in [-0.15, -0.1) is 6.54 Å². The molecular formula is C16H16CuNO3. The van der Waals surface area contributed by atoms with Gasteiger partial charge in [0, 0.05) is 0 Å². The van der Waals surface area contributed by atoms with Gasteiger partial charge in [-0.25, -0.2) is 0 Å². The van der Waals surface area contributed by atoms with Crippen LogP contribution in [0.1, 0.15) is 11.1 Å². The number of hydrogen-bond donors (Lipinski definition) is 2. The molecule has 1 atom stereocenters. The zero-order chi connectivity index (χ0) is 14.4. The third-order valence-electron chi connectivity index (χ3n) is 3.03. The predicted molar refractivity (Wildman–Crippen MR) is 76.7 cm³/mol. The summed E-state index contributed by atoms with van der Waals surface area (Å²) in [6.45, 7) is 0.191. The quantitative estimate of drug-likeness (QED) is 0.798. The van der Waals surface area contributed by atoms with Crippen LogP contribution in [0, 0.1) is 0 Å². The fourth-order valence-electron chi connectivity index (χ4n) is 1.92. The number of aromatic hydroxyl groups is 1. The van der Waals surface area contributed by atoms with E-state index in [1.807, 2.05) is 30.3 Å². The maximum Gasteiger partial charge on any atom is 1.00 e. The Bertz CT molecular complexity index is 575. The van der Waals surface area contributed by atoms with E-state index in [0.717, 1.165) is 5.56 Å². The van der Waals surface area contributed by atoms with E-state index in [1.54, 1.807) is 24.3 Å². The summed E-state index contributed by atoms with van der Waals surface area (Å²) < 4.78 is 0. The van der Waals surface area contributed by atoms with Crippen molar-refractivity contribution < 1.29 is 32.1 Å². The Morgan fingerprint density at radius 3 is 2.29 bits per heavy atom. The minimum atomic E-state index is -0.954. The van der Waals surface area contributed by atoms with Gasteiger partial charge in [-0.2, -0.15) is 0 Å². The van der Waals surface area contributed by atoms with Crippen LogP contribution in [0.3, 0.4) is 0 Å². The molecule has 2 aromatic rings. The average Bonchev–Trinajstić information content (AvgIpc) is 2.46. The van der Waals surface area contributed by atoms with E-state index in [4.69, 9.17) is 0 Å². The molecule has 0 aliphatic heterocycles. The minimum absolute atomic E-state index is 0. The van der Waals surface area contributed by atoms with Crippen LogP contribution in [0.15, 0.2) is 54.6 Å². The number of hydrogen-bond acceptors (Lipinski definition) is 2. The summed E-state index contributed by atoms with van der Waals surface area (Å²) in [7, 11) is 0. The third-order valence-corrected chi connectivity index (χ3v) is 3.03. The molecule has 4 nitrogen and oxygen atoms in total. The number of phenols is 1. The first kappa shape index (κ1) is 17.2. The first-order chi connectivity index (χ1) is 9.66. The van der Waals surface area contributed by atoms with Gasteiger partial charge in [-0.1, -0.05) is 48.5 Å². The van der Waals surface area contributed by atoms with Crippen molar-refractivity contribution in [3.8, 4) is 5.75 Å². The van der Waals surface area contributed by atoms with Crippen molar-refractivity contribution in [2.75, 3.05) is 0 Å². The molecule has 0 unspecified atom stereocenters. The van der Waals surface area contributed by atoms with Gasteiger partial charge in [-0.05, 0) is 29.7 Å². The molecule has 0 bridgehead atoms. The van der Waals surface area contributed by atoms with Crippen LogP contribution < -0.4 is 0 Å². The van der Waals surface area contributed by atoms with Crippen LogP contribution >= 0.6 is 0 Å². The number of carboxylic acid groups (broad SMARTS) is 1. The molecule has 2 aromatic carbocycles. The Hall–Kier alpha value is -1.81. The molecule has 0 saturated carbocycles. The van der Waals surface area contributed by atoms with Gasteiger partial charge in [0.15, 0.2) is 0 Å². The molecule has 2 N–H and O–H groups in total. The number of phenolic OH excluding ortho intramolecular Hbond substituents is 1. The topological polar surface area (TPSA) is 71.6 Å². The molecular weight excluding hydrogens is 318 g/mol. The molecule has 21 heavy (non-hydrogen) atoms. The summed E-state index contributed by atoms with van der Waals surface area (Å²) in [6, 6.07) is 15.4. The van der Waals surface area contributed by atoms with Crippen molar-refractivity contribution in [3.63, 3.8) is 0 Å². The maximum atomic E-state index is 11.3. The largest absolute Gasteiger partial charge is 1.00 e. The van der Waals surface area contributed by atoms with Crippen LogP contribution in [0.4, 0.5) is 0 Å². The second-order valence-electron chi connectivity index (χ2n) is 4.51. The average molecular weight is 334 g/mol. The third kappa shape index (κ3) is 5.23. The Labute approximate surface area is 134 Å². The van der Waals surface area contributed by atoms with E-state index >= 15 is 0 Å². The normalized spacial score (nSPS) is 11.4. The van der Waals surface area contributed by atoms with Crippen LogP contribution in [-0.2, 0) is 34.8 Å². The Morgan fingerprint density at radius 2 is 1.67 bits per heavy atom. The second-order valence-corrected chi connectivity index (χ2v) is 4.51. The van der Waals surface area contributed by atoms with E-state index < -0.39 is 12.0 Å². The first-order valence-electron chi connectivity index (χ1n) is 6.37. The molecule has 0 fully saturated rings. The minimum Gasteiger partial charge on any atom is -0.646 e. The summed E-state index contributed by atoms with van der Waals surface area (Å²) in [6.07, 6.45) is 0.351. The molecule has 0 aliphatic carbocycles. The van der Waals surface area contributed by atoms with E-state index in [-0.39, 0.29) is 29.4 Å². The standard InChI is InChI=1S/C16H16NO3.Cu/c18-15-9-5-4-8-13(15)11-17-14(16(19)20)10-12-6-2-1-3-7-12;/h1-9,14,18H,10-11H2,(H,19,20);/q-1;+1/t14-;/m0./s1. The monoisotopic (exact) mass is 333 g/mol. The Balaban J connectivity index is 0.00000220. The molecule has 0 aliphatic rings. The fourth-order valence-corrected chi connectivity index (χ4v) is 1.92. The number of benzene rings is 2. The van der Waals surface area contributed by atoms with Crippen LogP contribution in [-0.4, -0.2) is 22.2 Å². The van der Waals surface area contributed by atoms with Gasteiger partial charge < -0.3 is 15.5 Å². The molecule has 5 heteroatoms. The van der Waals surface area contributed by atoms with Crippen molar-refractivity contribution in [1.82, 2.24) is 0 Å². The number of nitrogens with zero attached hydrogens (tertiary/aromatic N) is 1. The van der Waals surface area contributed by atoms with Gasteiger partial charge in [-0.3, -0.25) is 4.79 Å². The predicted octanol–water partition coefficient (Wildman–Crippen LogP) is 2.96. The molecule has 0 amide bonds. The number of rotatable bonds is 6. The van der Waals surface area contributed by atoms with Crippen molar-refractivity contribution in [1.29, 1.82) is 0 Å². The zero-order valence-corrected chi connectivity index (χ0v) is 12.2. The fraction of sp³-hybridized carbons (Fsp3) is 0.188. The summed E-state index contributed by atoms with van der Waals surface area (Å²) in [5, 5.41) is 23.1. The number of aliphatic carboxylic acids is 1. The van der Waals surface area contributed by atoms with Crippen molar-refractivity contribution in [2.45, 2.75) is 19.0 Å². The molecule has 0 aromatic heterocycles. The number of carboxylic acids is 1. The van der Waals surface area contributed by atoms with Crippen LogP contribution in [0.25, 0.3) is 5.32 Å². The van der Waals surface area contributed by atoms with E-state index in [9.17, 15) is 15.0 Å². The van der Waals surface area contributed by atoms with E-state index in [2.05, 4.69) is 5.32 Å². The smallest absolute Gasteiger partial charge is 0.646 e. The Kier molecular flexibility index (Phi) is 6.95. The van der Waals surface area contributed by atoms with E-state index in [1.165, 1.54) is 0 Å². The van der Waals surface area contributed by atoms with Crippen molar-refractivity contribution >= 4 is 5.97 Å². The van der Waals surface area contributed by atoms with Gasteiger partial charge >= 0.3 is 17.1 Å². The first-order valence-corrected chi connectivity index (χ1v) is 6.37. The van der Waals surface area contributed by atoms with Gasteiger partial charge in [0.2, 0.25) is 0 Å². The summed E-state index contributed by atoms with van der Waals surface area (Å²) in [4.78, 5) is 11.3. The number of para-hydroxylation sites is 1. The summed E-state index contributed by atoms with van der Waals surface area (Å²) in [5.74, 6) is -0.815. The van der Waals surface area contributed by atoms with Crippen LogP contribution in [0.5, 0.6) is 5.75 Å². The molecule has 0 spiro atoms. The van der Waals surface area contributed by atoms with Gasteiger partial charge in [0.25, 0.3) is 5.97 Å². The SMILES string of the molecule is O=C(O)[C@H](Cc1ccccc1)[N-]Cc1ccccc1O.[Cu+]. The molecule has 0 saturated heterocycles. The van der Waals surface area contributed by atoms with Gasteiger partial charge in [0.05, 0.1) is 0 Å². The summed E-state index contributed by atoms with van der Waals surface area (Å²) in [5.41, 5.74) is 1.56.